The molecule has 1 aliphatic rings. The molecule has 1 aliphatic heterocycles. The maximum atomic E-state index is 12.7. The molecule has 4 heterocycles. The lowest BCUT2D eigenvalue weighted by molar-refractivity contribution is -0.132. The highest BCUT2D eigenvalue weighted by Gasteiger charge is 2.27. The summed E-state index contributed by atoms with van der Waals surface area (Å²) in [6.07, 6.45) is 1.44. The first-order valence-corrected chi connectivity index (χ1v) is 8.72. The van der Waals surface area contributed by atoms with Crippen molar-refractivity contribution < 1.29 is 9.53 Å². The van der Waals surface area contributed by atoms with E-state index < -0.39 is 6.10 Å². The molecular weight excluding hydrogens is 324 g/mol. The molecule has 0 radical (unpaired) electrons. The van der Waals surface area contributed by atoms with Gasteiger partial charge in [0.2, 0.25) is 0 Å². The van der Waals surface area contributed by atoms with Gasteiger partial charge >= 0.3 is 0 Å². The van der Waals surface area contributed by atoms with E-state index in [0.29, 0.717) is 19.0 Å². The minimum atomic E-state index is -0.464. The van der Waals surface area contributed by atoms with Crippen molar-refractivity contribution in [2.24, 2.45) is 0 Å². The number of rotatable bonds is 3. The lowest BCUT2D eigenvalue weighted by Gasteiger charge is -2.29. The summed E-state index contributed by atoms with van der Waals surface area (Å²) in [4.78, 5) is 20.5. The van der Waals surface area contributed by atoms with Crippen LogP contribution in [0.3, 0.4) is 0 Å². The van der Waals surface area contributed by atoms with Gasteiger partial charge in [-0.25, -0.2) is 4.98 Å². The highest BCUT2D eigenvalue weighted by molar-refractivity contribution is 7.13. The molecule has 24 heavy (non-hydrogen) atoms. The number of carbonyl (C=O) groups is 1. The molecule has 0 aliphatic carbocycles. The first kappa shape index (κ1) is 15.3. The van der Waals surface area contributed by atoms with Crippen LogP contribution in [0.15, 0.2) is 41.9 Å². The molecular formula is C17H18N4O2S. The summed E-state index contributed by atoms with van der Waals surface area (Å²) in [5, 5.41) is 5.03. The van der Waals surface area contributed by atoms with Crippen molar-refractivity contribution in [2.45, 2.75) is 6.10 Å². The lowest BCUT2D eigenvalue weighted by atomic mass is 10.2. The van der Waals surface area contributed by atoms with E-state index in [2.05, 4.69) is 15.2 Å². The van der Waals surface area contributed by atoms with Gasteiger partial charge in [0.1, 0.15) is 23.3 Å². The third-order valence-corrected chi connectivity index (χ3v) is 4.96. The third-order valence-electron chi connectivity index (χ3n) is 4.09. The molecule has 1 atom stereocenters. The number of carbonyl (C=O) groups excluding carboxylic acids is 1. The number of imidazole rings is 1. The Labute approximate surface area is 143 Å². The molecule has 0 saturated carbocycles. The topological polar surface area (TPSA) is 58.9 Å². The molecule has 1 fully saturated rings. The first-order chi connectivity index (χ1) is 11.7. The Kier molecular flexibility index (Phi) is 4.05. The molecule has 0 unspecified atom stereocenters. The van der Waals surface area contributed by atoms with E-state index in [9.17, 15) is 4.79 Å². The fourth-order valence-electron chi connectivity index (χ4n) is 2.83. The number of nitrogens with one attached hydrogen (secondary N) is 1. The summed E-state index contributed by atoms with van der Waals surface area (Å²) in [5.41, 5.74) is 1.59. The smallest absolute Gasteiger partial charge is 0.256 e. The highest BCUT2D eigenvalue weighted by Crippen LogP contribution is 2.32. The Bertz CT molecular complexity index is 859. The van der Waals surface area contributed by atoms with Crippen molar-refractivity contribution in [1.82, 2.24) is 14.3 Å². The van der Waals surface area contributed by atoms with Crippen LogP contribution in [-0.4, -0.2) is 53.0 Å². The van der Waals surface area contributed by atoms with Crippen molar-refractivity contribution in [3.8, 4) is 10.6 Å². The normalized spacial score (nSPS) is 18.8. The Morgan fingerprint density at radius 1 is 1.38 bits per heavy atom. The molecule has 0 aromatic carbocycles. The second kappa shape index (κ2) is 6.35. The number of fused-ring (bicyclic) bond motifs is 1. The fraction of sp³-hybridized carbons (Fsp3) is 0.294. The van der Waals surface area contributed by atoms with E-state index in [1.165, 1.54) is 0 Å². The lowest BCUT2D eigenvalue weighted by Crippen LogP contribution is -2.46. The second-order valence-corrected chi connectivity index (χ2v) is 6.77. The van der Waals surface area contributed by atoms with Crippen LogP contribution >= 0.6 is 11.3 Å². The van der Waals surface area contributed by atoms with E-state index in [1.54, 1.807) is 11.3 Å². The predicted octanol–water partition coefficient (Wildman–Crippen LogP) is 2.33. The van der Waals surface area contributed by atoms with Gasteiger partial charge < -0.3 is 15.0 Å². The summed E-state index contributed by atoms with van der Waals surface area (Å²) < 4.78 is 7.52. The number of nitrogens with zero attached hydrogens (tertiary/aromatic N) is 3. The number of anilines is 1. The number of likely N-dealkylation sites (N-methyl/N-ethyl adjacent to an activating group) is 1. The second-order valence-electron chi connectivity index (χ2n) is 5.83. The van der Waals surface area contributed by atoms with Crippen molar-refractivity contribution in [1.29, 1.82) is 0 Å². The highest BCUT2D eigenvalue weighted by atomic mass is 32.1. The van der Waals surface area contributed by atoms with Crippen LogP contribution in [0.5, 0.6) is 0 Å². The van der Waals surface area contributed by atoms with Crippen LogP contribution in [0, 0.1) is 0 Å². The molecule has 1 amide bonds. The monoisotopic (exact) mass is 342 g/mol. The Morgan fingerprint density at radius 2 is 2.29 bits per heavy atom. The average molecular weight is 342 g/mol. The number of morpholine rings is 1. The Morgan fingerprint density at radius 3 is 3.08 bits per heavy atom. The summed E-state index contributed by atoms with van der Waals surface area (Å²) in [7, 11) is 1.99. The number of pyridine rings is 1. The third kappa shape index (κ3) is 2.82. The summed E-state index contributed by atoms with van der Waals surface area (Å²) >= 11 is 1.60. The van der Waals surface area contributed by atoms with E-state index in [4.69, 9.17) is 4.74 Å². The zero-order chi connectivity index (χ0) is 16.5. The number of aromatic nitrogens is 2. The molecule has 6 nitrogen and oxygen atoms in total. The number of ether oxygens (including phenoxy) is 1. The number of amides is 1. The zero-order valence-corrected chi connectivity index (χ0v) is 14.1. The van der Waals surface area contributed by atoms with Gasteiger partial charge in [-0.15, -0.1) is 11.3 Å². The molecule has 3 aromatic rings. The van der Waals surface area contributed by atoms with Gasteiger partial charge in [0, 0.05) is 19.3 Å². The minimum absolute atomic E-state index is 0.134. The van der Waals surface area contributed by atoms with Crippen LogP contribution in [0.2, 0.25) is 0 Å². The van der Waals surface area contributed by atoms with Crippen molar-refractivity contribution in [3.63, 3.8) is 0 Å². The molecule has 1 saturated heterocycles. The van der Waals surface area contributed by atoms with Crippen LogP contribution in [0.4, 0.5) is 5.82 Å². The Balaban J connectivity index is 1.70. The number of thiophene rings is 1. The van der Waals surface area contributed by atoms with Crippen molar-refractivity contribution in [3.05, 3.63) is 41.9 Å². The molecule has 0 bridgehead atoms. The van der Waals surface area contributed by atoms with Gasteiger partial charge in [-0.05, 0) is 30.6 Å². The van der Waals surface area contributed by atoms with E-state index >= 15 is 0 Å². The van der Waals surface area contributed by atoms with E-state index in [1.807, 2.05) is 53.4 Å². The van der Waals surface area contributed by atoms with Crippen LogP contribution in [-0.2, 0) is 9.53 Å². The summed E-state index contributed by atoms with van der Waals surface area (Å²) in [6.45, 7) is 2.01. The standard InChI is InChI=1S/C17H18N4O2S/c1-20-8-9-23-12(11-20)17(22)19-16-15(13-5-4-10-24-13)18-14-6-2-3-7-21(14)16/h2-7,10,12H,8-9,11H2,1H3,(H,19,22)/t12-/m0/s1. The van der Waals surface area contributed by atoms with Crippen LogP contribution in [0.25, 0.3) is 16.2 Å². The zero-order valence-electron chi connectivity index (χ0n) is 13.3. The number of hydrogen-bond donors (Lipinski definition) is 1. The number of hydrogen-bond acceptors (Lipinski definition) is 5. The van der Waals surface area contributed by atoms with E-state index in [-0.39, 0.29) is 5.91 Å². The largest absolute Gasteiger partial charge is 0.366 e. The van der Waals surface area contributed by atoms with E-state index in [0.717, 1.165) is 22.8 Å². The average Bonchev–Trinajstić information content (AvgIpc) is 3.23. The van der Waals surface area contributed by atoms with Crippen molar-refractivity contribution >= 4 is 28.7 Å². The maximum Gasteiger partial charge on any atom is 0.256 e. The molecule has 3 aromatic heterocycles. The SMILES string of the molecule is CN1CCO[C@H](C(=O)Nc2c(-c3cccs3)nc3ccccn23)C1. The first-order valence-electron chi connectivity index (χ1n) is 7.84. The van der Waals surface area contributed by atoms with Gasteiger partial charge in [-0.2, -0.15) is 0 Å². The summed E-state index contributed by atoms with van der Waals surface area (Å²) in [6, 6.07) is 9.78. The van der Waals surface area contributed by atoms with Crippen LogP contribution < -0.4 is 5.32 Å². The van der Waals surface area contributed by atoms with Gasteiger partial charge in [0.05, 0.1) is 11.5 Å². The van der Waals surface area contributed by atoms with Gasteiger partial charge in [0.15, 0.2) is 0 Å². The quantitative estimate of drug-likeness (QED) is 0.794. The van der Waals surface area contributed by atoms with Crippen LogP contribution in [0.1, 0.15) is 0 Å². The predicted molar refractivity (Wildman–Crippen MR) is 94.4 cm³/mol. The van der Waals surface area contributed by atoms with Gasteiger partial charge in [-0.1, -0.05) is 12.1 Å². The molecule has 1 N–H and O–H groups in total. The Hall–Kier alpha value is -2.22. The minimum Gasteiger partial charge on any atom is -0.366 e. The fourth-order valence-corrected chi connectivity index (χ4v) is 3.55. The molecule has 4 rings (SSSR count). The molecule has 0 spiro atoms. The van der Waals surface area contributed by atoms with Gasteiger partial charge in [-0.3, -0.25) is 9.20 Å². The maximum absolute atomic E-state index is 12.7. The van der Waals surface area contributed by atoms with Crippen molar-refractivity contribution in [2.75, 3.05) is 32.1 Å². The molecule has 7 heteroatoms. The van der Waals surface area contributed by atoms with Gasteiger partial charge in [0.25, 0.3) is 5.91 Å². The summed E-state index contributed by atoms with van der Waals surface area (Å²) in [5.74, 6) is 0.555. The molecule has 124 valence electrons.